The Morgan fingerprint density at radius 1 is 0.941 bits per heavy atom. The van der Waals surface area contributed by atoms with Crippen LogP contribution in [0.15, 0.2) is 9.98 Å². The van der Waals surface area contributed by atoms with Crippen LogP contribution in [0, 0.1) is 0 Å². The first kappa shape index (κ1) is 21.3. The normalized spacial score (nSPS) is 11.4. The average molecular weight is 266 g/mol. The summed E-state index contributed by atoms with van der Waals surface area (Å²) in [7, 11) is 0. The van der Waals surface area contributed by atoms with Gasteiger partial charge in [-0.1, -0.05) is 34.1 Å². The van der Waals surface area contributed by atoms with Crippen molar-refractivity contribution in [1.82, 2.24) is 5.32 Å². The molecule has 0 saturated heterocycles. The lowest BCUT2D eigenvalue weighted by Crippen LogP contribution is -2.41. The Labute approximate surface area is 112 Å². The van der Waals surface area contributed by atoms with Gasteiger partial charge in [0.15, 0.2) is 11.9 Å². The fourth-order valence-electron chi connectivity index (χ4n) is 0.926. The summed E-state index contributed by atoms with van der Waals surface area (Å²) in [6, 6.07) is 0. The summed E-state index contributed by atoms with van der Waals surface area (Å²) in [5.74, 6) is 0.697. The third-order valence-corrected chi connectivity index (χ3v) is 1.84. The van der Waals surface area contributed by atoms with Crippen LogP contribution in [0.3, 0.4) is 0 Å². The van der Waals surface area contributed by atoms with Gasteiger partial charge in [0.05, 0.1) is 0 Å². The van der Waals surface area contributed by atoms with Gasteiger partial charge in [-0.3, -0.25) is 15.3 Å². The van der Waals surface area contributed by atoms with Crippen LogP contribution < -0.4 is 16.8 Å². The van der Waals surface area contributed by atoms with E-state index >= 15 is 0 Å². The Balaban J connectivity index is -0.000000980. The van der Waals surface area contributed by atoms with Crippen molar-refractivity contribution < 1.29 is 0 Å². The molecule has 0 aliphatic carbocycles. The Bertz CT molecular complexity index is 194. The molecule has 0 saturated carbocycles. The van der Waals surface area contributed by atoms with Gasteiger partial charge in [0.2, 0.25) is 0 Å². The maximum Gasteiger partial charge on any atom is 0.195 e. The molecule has 0 aromatic rings. The number of guanidine groups is 2. The van der Waals surface area contributed by atoms with E-state index in [4.69, 9.17) is 11.5 Å². The zero-order valence-electron chi connectivity index (χ0n) is 10.2. The van der Waals surface area contributed by atoms with Gasteiger partial charge in [-0.2, -0.15) is 0 Å². The zero-order chi connectivity index (χ0) is 11.5. The van der Waals surface area contributed by atoms with Crippen LogP contribution in [0.2, 0.25) is 0 Å². The maximum atomic E-state index is 5.60. The standard InChI is InChI=1S/C10H23N5.CH4.ClH/c1-3-5-7-13-9(11)15-10(12)14-8-6-4-2;;/h3-8H2,1-2H3,(H5,11,12,13,14,15);1H4;1H. The number of nitrogens with two attached hydrogens (primary N) is 2. The van der Waals surface area contributed by atoms with E-state index in [1.54, 1.807) is 0 Å². The highest BCUT2D eigenvalue weighted by Crippen LogP contribution is 1.87. The summed E-state index contributed by atoms with van der Waals surface area (Å²) in [6.07, 6.45) is 4.29. The van der Waals surface area contributed by atoms with E-state index in [1.165, 1.54) is 0 Å². The molecule has 0 unspecified atom stereocenters. The summed E-state index contributed by atoms with van der Waals surface area (Å²) in [5, 5.41) is 2.75. The Hall–Kier alpha value is -0.970. The van der Waals surface area contributed by atoms with Gasteiger partial charge < -0.3 is 11.5 Å². The van der Waals surface area contributed by atoms with Gasteiger partial charge in [0.25, 0.3) is 0 Å². The second kappa shape index (κ2) is 15.0. The first-order chi connectivity index (χ1) is 7.20. The fraction of sp³-hybridized carbons (Fsp3) is 0.818. The molecule has 17 heavy (non-hydrogen) atoms. The number of rotatable bonds is 6. The number of nitrogens with one attached hydrogen (secondary N) is 1. The second-order valence-corrected chi connectivity index (χ2v) is 3.37. The molecule has 0 bridgehead atoms. The molecule has 0 fully saturated rings. The molecule has 0 aliphatic rings. The molecule has 0 amide bonds. The highest BCUT2D eigenvalue weighted by molar-refractivity contribution is 5.96. The van der Waals surface area contributed by atoms with Crippen molar-refractivity contribution >= 4 is 24.3 Å². The number of unbranched alkanes of at least 4 members (excludes halogenated alkanes) is 2. The van der Waals surface area contributed by atoms with Gasteiger partial charge in [-0.05, 0) is 12.8 Å². The molecule has 0 aromatic carbocycles. The largest absolute Gasteiger partial charge is 0.370 e. The molecular weight excluding hydrogens is 238 g/mol. The van der Waals surface area contributed by atoms with Crippen molar-refractivity contribution in [2.45, 2.75) is 47.0 Å². The predicted octanol–water partition coefficient (Wildman–Crippen LogP) is 1.86. The molecule has 0 atom stereocenters. The van der Waals surface area contributed by atoms with E-state index < -0.39 is 0 Å². The van der Waals surface area contributed by atoms with Crippen LogP contribution in [0.4, 0.5) is 0 Å². The molecule has 0 heterocycles. The third-order valence-electron chi connectivity index (χ3n) is 1.84. The van der Waals surface area contributed by atoms with E-state index in [0.29, 0.717) is 11.9 Å². The van der Waals surface area contributed by atoms with Crippen LogP contribution in [-0.4, -0.2) is 25.0 Å². The molecule has 0 rings (SSSR count). The third kappa shape index (κ3) is 15.0. The quantitative estimate of drug-likeness (QED) is 0.389. The Morgan fingerprint density at radius 2 is 1.29 bits per heavy atom. The minimum Gasteiger partial charge on any atom is -0.370 e. The number of aliphatic imine (C=N–C) groups is 2. The Kier molecular flexibility index (Phi) is 18.9. The van der Waals surface area contributed by atoms with Crippen molar-refractivity contribution in [2.75, 3.05) is 13.1 Å². The molecule has 6 heteroatoms. The van der Waals surface area contributed by atoms with Crippen LogP contribution in [0.1, 0.15) is 47.0 Å². The number of halogens is 1. The van der Waals surface area contributed by atoms with Crippen molar-refractivity contribution in [2.24, 2.45) is 21.5 Å². The molecule has 5 nitrogen and oxygen atoms in total. The van der Waals surface area contributed by atoms with Crippen LogP contribution >= 0.6 is 12.4 Å². The van der Waals surface area contributed by atoms with E-state index in [2.05, 4.69) is 29.1 Å². The highest BCUT2D eigenvalue weighted by Gasteiger charge is 1.93. The lowest BCUT2D eigenvalue weighted by molar-refractivity contribution is 0.799. The monoisotopic (exact) mass is 265 g/mol. The summed E-state index contributed by atoms with van der Waals surface area (Å²) in [4.78, 5) is 8.21. The van der Waals surface area contributed by atoms with E-state index in [0.717, 1.165) is 38.8 Å². The lowest BCUT2D eigenvalue weighted by atomic mass is 10.3. The maximum absolute atomic E-state index is 5.60. The molecule has 0 aliphatic heterocycles. The van der Waals surface area contributed by atoms with Gasteiger partial charge in [0.1, 0.15) is 0 Å². The zero-order valence-corrected chi connectivity index (χ0v) is 11.0. The summed E-state index contributed by atoms with van der Waals surface area (Å²) >= 11 is 0. The van der Waals surface area contributed by atoms with E-state index in [1.807, 2.05) is 0 Å². The molecule has 5 N–H and O–H groups in total. The minimum atomic E-state index is 0. The first-order valence-corrected chi connectivity index (χ1v) is 5.57. The van der Waals surface area contributed by atoms with Crippen molar-refractivity contribution in [3.05, 3.63) is 0 Å². The highest BCUT2D eigenvalue weighted by atomic mass is 35.5. The molecule has 0 spiro atoms. The minimum absolute atomic E-state index is 0. The smallest absolute Gasteiger partial charge is 0.195 e. The van der Waals surface area contributed by atoms with Crippen molar-refractivity contribution in [3.8, 4) is 0 Å². The number of nitrogens with zero attached hydrogens (tertiary/aromatic N) is 2. The van der Waals surface area contributed by atoms with Crippen LogP contribution in [0.5, 0.6) is 0 Å². The number of hydrogen-bond donors (Lipinski definition) is 3. The van der Waals surface area contributed by atoms with Gasteiger partial charge in [0, 0.05) is 13.1 Å². The number of hydrogen-bond acceptors (Lipinski definition) is 2. The van der Waals surface area contributed by atoms with E-state index in [-0.39, 0.29) is 19.8 Å². The van der Waals surface area contributed by atoms with Crippen LogP contribution in [0.25, 0.3) is 0 Å². The summed E-state index contributed by atoms with van der Waals surface area (Å²) in [5.41, 5.74) is 11.2. The van der Waals surface area contributed by atoms with Gasteiger partial charge >= 0.3 is 0 Å². The van der Waals surface area contributed by atoms with E-state index in [9.17, 15) is 0 Å². The first-order valence-electron chi connectivity index (χ1n) is 5.57. The Morgan fingerprint density at radius 3 is 1.59 bits per heavy atom. The van der Waals surface area contributed by atoms with Gasteiger partial charge in [-0.15, -0.1) is 12.4 Å². The summed E-state index contributed by atoms with van der Waals surface area (Å²) in [6.45, 7) is 5.69. The molecular formula is C11H28ClN5. The van der Waals surface area contributed by atoms with Crippen LogP contribution in [-0.2, 0) is 0 Å². The average Bonchev–Trinajstić information content (AvgIpc) is 2.18. The molecule has 0 aromatic heterocycles. The SMILES string of the molecule is C.CCCCN=C(N)NC(N)=NCCCC.Cl. The summed E-state index contributed by atoms with van der Waals surface area (Å²) < 4.78 is 0. The molecule has 104 valence electrons. The fourth-order valence-corrected chi connectivity index (χ4v) is 0.926. The van der Waals surface area contributed by atoms with Crippen molar-refractivity contribution in [3.63, 3.8) is 0 Å². The lowest BCUT2D eigenvalue weighted by Gasteiger charge is -2.04. The molecule has 0 radical (unpaired) electrons. The van der Waals surface area contributed by atoms with Gasteiger partial charge in [-0.25, -0.2) is 0 Å². The predicted molar refractivity (Wildman–Crippen MR) is 79.9 cm³/mol. The second-order valence-electron chi connectivity index (χ2n) is 3.37. The topological polar surface area (TPSA) is 88.8 Å². The van der Waals surface area contributed by atoms with Crippen molar-refractivity contribution in [1.29, 1.82) is 0 Å².